The zero-order valence-electron chi connectivity index (χ0n) is 11.3. The molecule has 1 aromatic carbocycles. The number of carbonyl (C=O) groups is 1. The summed E-state index contributed by atoms with van der Waals surface area (Å²) in [6, 6.07) is 5.56. The van der Waals surface area contributed by atoms with Gasteiger partial charge in [0.25, 0.3) is 0 Å². The van der Waals surface area contributed by atoms with Crippen molar-refractivity contribution in [3.8, 4) is 0 Å². The second-order valence-corrected chi connectivity index (χ2v) is 6.01. The van der Waals surface area contributed by atoms with Crippen LogP contribution in [0.15, 0.2) is 23.1 Å². The summed E-state index contributed by atoms with van der Waals surface area (Å²) in [6.45, 7) is 5.91. The van der Waals surface area contributed by atoms with Gasteiger partial charge in [-0.25, -0.2) is 4.79 Å². The summed E-state index contributed by atoms with van der Waals surface area (Å²) >= 11 is 1.66. The Morgan fingerprint density at radius 2 is 2.11 bits per heavy atom. The van der Waals surface area contributed by atoms with Crippen LogP contribution in [0.2, 0.25) is 0 Å². The van der Waals surface area contributed by atoms with Gasteiger partial charge < -0.3 is 9.84 Å². The Morgan fingerprint density at radius 3 is 2.67 bits per heavy atom. The highest BCUT2D eigenvalue weighted by atomic mass is 32.2. The molecule has 0 heterocycles. The number of thioether (sulfide) groups is 1. The zero-order valence-corrected chi connectivity index (χ0v) is 12.1. The average Bonchev–Trinajstić information content (AvgIpc) is 2.31. The molecule has 0 aromatic heterocycles. The van der Waals surface area contributed by atoms with Crippen molar-refractivity contribution in [2.45, 2.75) is 37.7 Å². The summed E-state index contributed by atoms with van der Waals surface area (Å²) < 4.78 is 5.35. The van der Waals surface area contributed by atoms with Crippen LogP contribution in [0.1, 0.15) is 36.2 Å². The molecule has 4 heteroatoms. The lowest BCUT2D eigenvalue weighted by Crippen LogP contribution is -2.22. The van der Waals surface area contributed by atoms with Gasteiger partial charge in [0, 0.05) is 17.8 Å². The summed E-state index contributed by atoms with van der Waals surface area (Å²) in [7, 11) is 1.71. The van der Waals surface area contributed by atoms with Crippen LogP contribution in [0.25, 0.3) is 0 Å². The van der Waals surface area contributed by atoms with Crippen molar-refractivity contribution in [3.63, 3.8) is 0 Å². The van der Waals surface area contributed by atoms with Crippen LogP contribution in [0.5, 0.6) is 0 Å². The van der Waals surface area contributed by atoms with Crippen molar-refractivity contribution in [1.29, 1.82) is 0 Å². The molecule has 0 bridgehead atoms. The topological polar surface area (TPSA) is 46.5 Å². The average molecular weight is 268 g/mol. The Morgan fingerprint density at radius 1 is 1.44 bits per heavy atom. The molecule has 0 aliphatic rings. The number of aryl methyl sites for hydroxylation is 1. The van der Waals surface area contributed by atoms with Gasteiger partial charge in [-0.15, -0.1) is 11.8 Å². The van der Waals surface area contributed by atoms with Gasteiger partial charge in [-0.3, -0.25) is 0 Å². The molecule has 0 aliphatic carbocycles. The molecule has 1 N–H and O–H groups in total. The lowest BCUT2D eigenvalue weighted by atomic mass is 10.1. The molecule has 0 aliphatic heterocycles. The fraction of sp³-hybridized carbons (Fsp3) is 0.500. The SMILES string of the molecule is COC(C)(C)CCSc1ccc(C)c(C(=O)O)c1. The van der Waals surface area contributed by atoms with E-state index in [4.69, 9.17) is 9.84 Å². The van der Waals surface area contributed by atoms with E-state index in [2.05, 4.69) is 0 Å². The van der Waals surface area contributed by atoms with E-state index < -0.39 is 5.97 Å². The molecule has 0 fully saturated rings. The number of methoxy groups -OCH3 is 1. The van der Waals surface area contributed by atoms with E-state index in [0.717, 1.165) is 22.6 Å². The molecule has 1 rings (SSSR count). The van der Waals surface area contributed by atoms with E-state index in [0.29, 0.717) is 5.56 Å². The number of carboxylic acids is 1. The summed E-state index contributed by atoms with van der Waals surface area (Å²) in [5, 5.41) is 9.05. The molecule has 0 saturated heterocycles. The largest absolute Gasteiger partial charge is 0.478 e. The minimum absolute atomic E-state index is 0.132. The number of rotatable bonds is 6. The normalized spacial score (nSPS) is 11.6. The Hall–Kier alpha value is -1.00. The van der Waals surface area contributed by atoms with E-state index in [-0.39, 0.29) is 5.60 Å². The first kappa shape index (κ1) is 15.1. The molecule has 0 atom stereocenters. The number of hydrogen-bond acceptors (Lipinski definition) is 3. The molecule has 0 saturated carbocycles. The maximum absolute atomic E-state index is 11.0. The van der Waals surface area contributed by atoms with Crippen molar-refractivity contribution >= 4 is 17.7 Å². The Kier molecular flexibility index (Phi) is 5.23. The van der Waals surface area contributed by atoms with Crippen molar-refractivity contribution in [1.82, 2.24) is 0 Å². The lowest BCUT2D eigenvalue weighted by molar-refractivity contribution is 0.0206. The van der Waals surface area contributed by atoms with Gasteiger partial charge in [-0.05, 0) is 44.9 Å². The van der Waals surface area contributed by atoms with E-state index in [1.54, 1.807) is 24.9 Å². The summed E-state index contributed by atoms with van der Waals surface area (Å²) in [4.78, 5) is 12.0. The van der Waals surface area contributed by atoms with Gasteiger partial charge in [0.1, 0.15) is 0 Å². The minimum atomic E-state index is -0.868. The van der Waals surface area contributed by atoms with Crippen LogP contribution in [0.4, 0.5) is 0 Å². The Bertz CT molecular complexity index is 427. The van der Waals surface area contributed by atoms with Crippen LogP contribution in [0, 0.1) is 6.92 Å². The predicted molar refractivity (Wildman–Crippen MR) is 74.6 cm³/mol. The van der Waals surface area contributed by atoms with Gasteiger partial charge >= 0.3 is 5.97 Å². The van der Waals surface area contributed by atoms with Crippen LogP contribution in [-0.4, -0.2) is 29.5 Å². The van der Waals surface area contributed by atoms with Gasteiger partial charge in [0.05, 0.1) is 11.2 Å². The first-order valence-electron chi connectivity index (χ1n) is 5.87. The molecular formula is C14H20O3S. The van der Waals surface area contributed by atoms with Crippen LogP contribution in [-0.2, 0) is 4.74 Å². The molecule has 18 heavy (non-hydrogen) atoms. The molecule has 0 amide bonds. The van der Waals surface area contributed by atoms with Crippen molar-refractivity contribution in [2.75, 3.05) is 12.9 Å². The summed E-state index contributed by atoms with van der Waals surface area (Å²) in [5.74, 6) is 0.0374. The number of benzene rings is 1. The van der Waals surface area contributed by atoms with Crippen LogP contribution >= 0.6 is 11.8 Å². The molecule has 1 aromatic rings. The highest BCUT2D eigenvalue weighted by molar-refractivity contribution is 7.99. The smallest absolute Gasteiger partial charge is 0.335 e. The monoisotopic (exact) mass is 268 g/mol. The van der Waals surface area contributed by atoms with Crippen molar-refractivity contribution < 1.29 is 14.6 Å². The minimum Gasteiger partial charge on any atom is -0.478 e. The van der Waals surface area contributed by atoms with E-state index in [1.807, 2.05) is 32.9 Å². The van der Waals surface area contributed by atoms with E-state index in [9.17, 15) is 4.79 Å². The molecular weight excluding hydrogens is 248 g/mol. The fourth-order valence-electron chi connectivity index (χ4n) is 1.44. The van der Waals surface area contributed by atoms with Gasteiger partial charge in [0.15, 0.2) is 0 Å². The second kappa shape index (κ2) is 6.25. The van der Waals surface area contributed by atoms with Crippen LogP contribution < -0.4 is 0 Å². The van der Waals surface area contributed by atoms with E-state index >= 15 is 0 Å². The highest BCUT2D eigenvalue weighted by Crippen LogP contribution is 2.25. The predicted octanol–water partition coefficient (Wildman–Crippen LogP) is 3.60. The molecule has 0 spiro atoms. The van der Waals surface area contributed by atoms with Gasteiger partial charge in [0.2, 0.25) is 0 Å². The molecule has 3 nitrogen and oxygen atoms in total. The Balaban J connectivity index is 2.64. The second-order valence-electron chi connectivity index (χ2n) is 4.84. The number of ether oxygens (including phenoxy) is 1. The standard InChI is InChI=1S/C14H20O3S/c1-10-5-6-11(9-12(10)13(15)16)18-8-7-14(2,3)17-4/h5-6,9H,7-8H2,1-4H3,(H,15,16). The summed E-state index contributed by atoms with van der Waals surface area (Å²) in [6.07, 6.45) is 0.921. The van der Waals surface area contributed by atoms with Crippen LogP contribution in [0.3, 0.4) is 0 Å². The maximum Gasteiger partial charge on any atom is 0.335 e. The number of hydrogen-bond donors (Lipinski definition) is 1. The molecule has 0 unspecified atom stereocenters. The number of aromatic carboxylic acids is 1. The Labute approximate surface area is 113 Å². The third kappa shape index (κ3) is 4.35. The van der Waals surface area contributed by atoms with Crippen molar-refractivity contribution in [2.24, 2.45) is 0 Å². The quantitative estimate of drug-likeness (QED) is 0.801. The van der Waals surface area contributed by atoms with Gasteiger partial charge in [-0.1, -0.05) is 6.07 Å². The molecule has 0 radical (unpaired) electrons. The first-order valence-corrected chi connectivity index (χ1v) is 6.86. The zero-order chi connectivity index (χ0) is 13.8. The third-order valence-corrected chi connectivity index (χ3v) is 3.96. The highest BCUT2D eigenvalue weighted by Gasteiger charge is 2.16. The fourth-order valence-corrected chi connectivity index (χ4v) is 2.63. The molecule has 100 valence electrons. The first-order chi connectivity index (χ1) is 8.35. The van der Waals surface area contributed by atoms with Crippen molar-refractivity contribution in [3.05, 3.63) is 29.3 Å². The van der Waals surface area contributed by atoms with Gasteiger partial charge in [-0.2, -0.15) is 0 Å². The number of carboxylic acid groups (broad SMARTS) is 1. The maximum atomic E-state index is 11.0. The summed E-state index contributed by atoms with van der Waals surface area (Å²) in [5.41, 5.74) is 1.04. The third-order valence-electron chi connectivity index (χ3n) is 2.96. The lowest BCUT2D eigenvalue weighted by Gasteiger charge is -2.22. The van der Waals surface area contributed by atoms with E-state index in [1.165, 1.54) is 0 Å².